The van der Waals surface area contributed by atoms with Gasteiger partial charge in [0.15, 0.2) is 11.5 Å². The van der Waals surface area contributed by atoms with Gasteiger partial charge in [0.2, 0.25) is 5.91 Å². The number of hydrogen-bond donors (Lipinski definition) is 1. The van der Waals surface area contributed by atoms with Crippen LogP contribution >= 0.6 is 11.6 Å². The zero-order valence-electron chi connectivity index (χ0n) is 13.9. The van der Waals surface area contributed by atoms with Gasteiger partial charge < -0.3 is 14.8 Å². The highest BCUT2D eigenvalue weighted by atomic mass is 35.5. The van der Waals surface area contributed by atoms with Gasteiger partial charge in [-0.15, -0.1) is 0 Å². The number of benzene rings is 2. The van der Waals surface area contributed by atoms with Crippen molar-refractivity contribution >= 4 is 23.6 Å². The van der Waals surface area contributed by atoms with Crippen LogP contribution in [-0.4, -0.2) is 20.1 Å². The summed E-state index contributed by atoms with van der Waals surface area (Å²) in [6.45, 7) is 1.92. The van der Waals surface area contributed by atoms with E-state index in [1.807, 2.05) is 31.2 Å². The summed E-state index contributed by atoms with van der Waals surface area (Å²) in [7, 11) is 3.16. The van der Waals surface area contributed by atoms with E-state index in [4.69, 9.17) is 21.1 Å². The third-order valence-electron chi connectivity index (χ3n) is 3.56. The molecule has 24 heavy (non-hydrogen) atoms. The van der Waals surface area contributed by atoms with Crippen molar-refractivity contribution in [1.29, 1.82) is 0 Å². The van der Waals surface area contributed by atoms with Crippen LogP contribution in [0, 0.1) is 0 Å². The lowest BCUT2D eigenvalue weighted by Crippen LogP contribution is -2.24. The first-order chi connectivity index (χ1) is 11.5. The lowest BCUT2D eigenvalue weighted by molar-refractivity contribution is -0.117. The van der Waals surface area contributed by atoms with Crippen molar-refractivity contribution in [1.82, 2.24) is 5.32 Å². The zero-order chi connectivity index (χ0) is 17.5. The Balaban J connectivity index is 2.01. The maximum atomic E-state index is 12.1. The average Bonchev–Trinajstić information content (AvgIpc) is 2.60. The molecule has 0 fully saturated rings. The topological polar surface area (TPSA) is 47.6 Å². The van der Waals surface area contributed by atoms with Gasteiger partial charge in [-0.05, 0) is 48.4 Å². The Bertz CT molecular complexity index is 726. The van der Waals surface area contributed by atoms with Gasteiger partial charge in [-0.1, -0.05) is 29.8 Å². The fourth-order valence-electron chi connectivity index (χ4n) is 2.22. The van der Waals surface area contributed by atoms with E-state index in [0.717, 1.165) is 11.1 Å². The summed E-state index contributed by atoms with van der Waals surface area (Å²) in [5.41, 5.74) is 1.84. The monoisotopic (exact) mass is 345 g/mol. The Morgan fingerprint density at radius 1 is 1.08 bits per heavy atom. The molecule has 0 spiro atoms. The molecule has 0 aliphatic heterocycles. The predicted molar refractivity (Wildman–Crippen MR) is 96.6 cm³/mol. The summed E-state index contributed by atoms with van der Waals surface area (Å²) in [5.74, 6) is 1.09. The second kappa shape index (κ2) is 8.41. The van der Waals surface area contributed by atoms with E-state index < -0.39 is 0 Å². The van der Waals surface area contributed by atoms with E-state index in [1.54, 1.807) is 38.5 Å². The minimum Gasteiger partial charge on any atom is -0.493 e. The lowest BCUT2D eigenvalue weighted by Gasteiger charge is -2.13. The van der Waals surface area contributed by atoms with Crippen LogP contribution in [0.25, 0.3) is 6.08 Å². The molecule has 2 aromatic rings. The third-order valence-corrected chi connectivity index (χ3v) is 3.82. The van der Waals surface area contributed by atoms with Gasteiger partial charge in [-0.25, -0.2) is 0 Å². The number of amides is 1. The quantitative estimate of drug-likeness (QED) is 0.796. The molecule has 0 unspecified atom stereocenters. The minimum atomic E-state index is -0.174. The average molecular weight is 346 g/mol. The molecule has 0 saturated carbocycles. The molecule has 126 valence electrons. The molecule has 2 rings (SSSR count). The van der Waals surface area contributed by atoms with Gasteiger partial charge in [0, 0.05) is 11.1 Å². The normalized spacial score (nSPS) is 12.0. The molecule has 0 radical (unpaired) electrons. The van der Waals surface area contributed by atoms with Crippen LogP contribution < -0.4 is 14.8 Å². The molecule has 0 bridgehead atoms. The van der Waals surface area contributed by atoms with E-state index in [1.165, 1.54) is 6.08 Å². The van der Waals surface area contributed by atoms with Crippen molar-refractivity contribution in [3.8, 4) is 11.5 Å². The van der Waals surface area contributed by atoms with Crippen LogP contribution in [0.3, 0.4) is 0 Å². The molecule has 4 nitrogen and oxygen atoms in total. The Morgan fingerprint density at radius 2 is 1.75 bits per heavy atom. The summed E-state index contributed by atoms with van der Waals surface area (Å²) < 4.78 is 10.4. The number of halogens is 1. The zero-order valence-corrected chi connectivity index (χ0v) is 14.6. The first-order valence-electron chi connectivity index (χ1n) is 7.49. The summed E-state index contributed by atoms with van der Waals surface area (Å²) >= 11 is 5.87. The molecule has 2 aromatic carbocycles. The van der Waals surface area contributed by atoms with Gasteiger partial charge in [-0.3, -0.25) is 4.79 Å². The van der Waals surface area contributed by atoms with E-state index in [-0.39, 0.29) is 11.9 Å². The number of rotatable bonds is 6. The van der Waals surface area contributed by atoms with Crippen LogP contribution in [0.15, 0.2) is 48.5 Å². The molecule has 0 aliphatic carbocycles. The molecule has 0 heterocycles. The van der Waals surface area contributed by atoms with Gasteiger partial charge >= 0.3 is 0 Å². The summed E-state index contributed by atoms with van der Waals surface area (Å²) in [4.78, 5) is 12.1. The van der Waals surface area contributed by atoms with E-state index in [0.29, 0.717) is 16.5 Å². The van der Waals surface area contributed by atoms with E-state index in [2.05, 4.69) is 5.32 Å². The van der Waals surface area contributed by atoms with E-state index in [9.17, 15) is 4.79 Å². The standard InChI is InChI=1S/C19H20ClNO3/c1-13(15-6-8-16(20)9-7-15)21-19(22)11-5-14-4-10-17(23-2)18(12-14)24-3/h4-13H,1-3H3,(H,21,22)/b11-5+/t13-/m1/s1. The maximum absolute atomic E-state index is 12.1. The van der Waals surface area contributed by atoms with Gasteiger partial charge in [0.1, 0.15) is 0 Å². The van der Waals surface area contributed by atoms with Crippen LogP contribution in [0.2, 0.25) is 5.02 Å². The van der Waals surface area contributed by atoms with Crippen LogP contribution in [-0.2, 0) is 4.79 Å². The number of hydrogen-bond acceptors (Lipinski definition) is 3. The summed E-state index contributed by atoms with van der Waals surface area (Å²) in [5, 5.41) is 3.58. The number of methoxy groups -OCH3 is 2. The molecule has 1 N–H and O–H groups in total. The number of carbonyl (C=O) groups is 1. The minimum absolute atomic E-state index is 0.107. The Hall–Kier alpha value is -2.46. The summed E-state index contributed by atoms with van der Waals surface area (Å²) in [6.07, 6.45) is 3.22. The summed E-state index contributed by atoms with van der Waals surface area (Å²) in [6, 6.07) is 12.8. The highest BCUT2D eigenvalue weighted by Crippen LogP contribution is 2.28. The number of carbonyl (C=O) groups excluding carboxylic acids is 1. The Morgan fingerprint density at radius 3 is 2.38 bits per heavy atom. The van der Waals surface area contributed by atoms with Crippen molar-refractivity contribution in [3.05, 3.63) is 64.7 Å². The van der Waals surface area contributed by atoms with Crippen LogP contribution in [0.1, 0.15) is 24.1 Å². The molecule has 1 amide bonds. The van der Waals surface area contributed by atoms with Crippen molar-refractivity contribution in [3.63, 3.8) is 0 Å². The maximum Gasteiger partial charge on any atom is 0.244 e. The van der Waals surface area contributed by atoms with Crippen molar-refractivity contribution in [2.24, 2.45) is 0 Å². The molecule has 0 aromatic heterocycles. The predicted octanol–water partition coefficient (Wildman–Crippen LogP) is 4.25. The van der Waals surface area contributed by atoms with Crippen molar-refractivity contribution in [2.45, 2.75) is 13.0 Å². The largest absolute Gasteiger partial charge is 0.493 e. The first-order valence-corrected chi connectivity index (χ1v) is 7.87. The third kappa shape index (κ3) is 4.77. The van der Waals surface area contributed by atoms with Crippen LogP contribution in [0.4, 0.5) is 0 Å². The fraction of sp³-hybridized carbons (Fsp3) is 0.211. The van der Waals surface area contributed by atoms with Gasteiger partial charge in [0.05, 0.1) is 20.3 Å². The van der Waals surface area contributed by atoms with Crippen molar-refractivity contribution < 1.29 is 14.3 Å². The van der Waals surface area contributed by atoms with Crippen LogP contribution in [0.5, 0.6) is 11.5 Å². The SMILES string of the molecule is COc1ccc(/C=C/C(=O)N[C@H](C)c2ccc(Cl)cc2)cc1OC. The number of ether oxygens (including phenoxy) is 2. The second-order valence-corrected chi connectivity index (χ2v) is 5.67. The Kier molecular flexibility index (Phi) is 6.27. The second-order valence-electron chi connectivity index (χ2n) is 5.23. The van der Waals surface area contributed by atoms with Gasteiger partial charge in [0.25, 0.3) is 0 Å². The van der Waals surface area contributed by atoms with Crippen molar-refractivity contribution in [2.75, 3.05) is 14.2 Å². The molecule has 0 aliphatic rings. The lowest BCUT2D eigenvalue weighted by atomic mass is 10.1. The van der Waals surface area contributed by atoms with E-state index >= 15 is 0 Å². The highest BCUT2D eigenvalue weighted by Gasteiger charge is 2.07. The smallest absolute Gasteiger partial charge is 0.244 e. The molecule has 0 saturated heterocycles. The van der Waals surface area contributed by atoms with Gasteiger partial charge in [-0.2, -0.15) is 0 Å². The number of nitrogens with one attached hydrogen (secondary N) is 1. The first kappa shape index (κ1) is 17.9. The molecular formula is C19H20ClNO3. The fourth-order valence-corrected chi connectivity index (χ4v) is 2.35. The molecule has 5 heteroatoms. The molecule has 1 atom stereocenters. The molecular weight excluding hydrogens is 326 g/mol. The Labute approximate surface area is 147 Å². The highest BCUT2D eigenvalue weighted by molar-refractivity contribution is 6.30.